The second-order valence-electron chi connectivity index (χ2n) is 6.98. The molecule has 6 nitrogen and oxygen atoms in total. The van der Waals surface area contributed by atoms with Gasteiger partial charge in [0.05, 0.1) is 25.4 Å². The molecule has 2 rings (SSSR count). The maximum Gasteiger partial charge on any atom is 0.336 e. The molecule has 1 aromatic rings. The largest absolute Gasteiger partial charge is 0.502 e. The number of benzene rings is 1. The normalized spacial score (nSPS) is 26.3. The standard InChI is InChI=1S/C19H28O6/c1-5-6-12-8-7-11(2)10-19(12,23)15-13(18(21)22)9-14(24-3)16(20)17(15)25-4/h9,11-12,20,23H,5-8,10H2,1-4H3,(H,21,22). The molecule has 0 amide bonds. The van der Waals surface area contributed by atoms with Crippen LogP contribution in [0.5, 0.6) is 17.2 Å². The number of carbonyl (C=O) groups is 1. The van der Waals surface area contributed by atoms with Gasteiger partial charge in [-0.1, -0.05) is 26.7 Å². The second kappa shape index (κ2) is 7.52. The highest BCUT2D eigenvalue weighted by atomic mass is 16.5. The molecule has 1 aliphatic rings. The van der Waals surface area contributed by atoms with Gasteiger partial charge in [-0.15, -0.1) is 0 Å². The van der Waals surface area contributed by atoms with Crippen molar-refractivity contribution >= 4 is 5.97 Å². The number of aliphatic hydroxyl groups is 1. The minimum absolute atomic E-state index is 0.0116. The Kier molecular flexibility index (Phi) is 5.83. The first-order valence-corrected chi connectivity index (χ1v) is 8.74. The summed E-state index contributed by atoms with van der Waals surface area (Å²) in [5.74, 6) is -1.32. The van der Waals surface area contributed by atoms with Crippen LogP contribution in [0.2, 0.25) is 0 Å². The predicted octanol–water partition coefficient (Wildman–Crippen LogP) is 3.53. The zero-order valence-corrected chi connectivity index (χ0v) is 15.3. The van der Waals surface area contributed by atoms with E-state index >= 15 is 0 Å². The van der Waals surface area contributed by atoms with Crippen LogP contribution in [0.4, 0.5) is 0 Å². The van der Waals surface area contributed by atoms with Gasteiger partial charge in [0, 0.05) is 5.56 Å². The Bertz CT molecular complexity index is 641. The first-order chi connectivity index (χ1) is 11.8. The van der Waals surface area contributed by atoms with Crippen molar-refractivity contribution in [2.24, 2.45) is 11.8 Å². The summed E-state index contributed by atoms with van der Waals surface area (Å²) in [6.07, 6.45) is 3.88. The van der Waals surface area contributed by atoms with Crippen molar-refractivity contribution in [3.63, 3.8) is 0 Å². The maximum atomic E-state index is 11.9. The van der Waals surface area contributed by atoms with Crippen molar-refractivity contribution in [2.75, 3.05) is 14.2 Å². The van der Waals surface area contributed by atoms with E-state index in [0.717, 1.165) is 25.7 Å². The highest BCUT2D eigenvalue weighted by molar-refractivity contribution is 5.92. The zero-order chi connectivity index (χ0) is 18.8. The lowest BCUT2D eigenvalue weighted by Crippen LogP contribution is -2.42. The van der Waals surface area contributed by atoms with E-state index < -0.39 is 11.6 Å². The van der Waals surface area contributed by atoms with Gasteiger partial charge in [-0.05, 0) is 37.2 Å². The van der Waals surface area contributed by atoms with Crippen LogP contribution in [0.25, 0.3) is 0 Å². The molecule has 1 saturated carbocycles. The summed E-state index contributed by atoms with van der Waals surface area (Å²) in [5, 5.41) is 31.8. The molecule has 3 atom stereocenters. The van der Waals surface area contributed by atoms with Crippen LogP contribution < -0.4 is 9.47 Å². The second-order valence-corrected chi connectivity index (χ2v) is 6.98. The van der Waals surface area contributed by atoms with Crippen LogP contribution in [-0.2, 0) is 5.60 Å². The monoisotopic (exact) mass is 352 g/mol. The molecule has 3 N–H and O–H groups in total. The predicted molar refractivity (Wildman–Crippen MR) is 93.5 cm³/mol. The van der Waals surface area contributed by atoms with Gasteiger partial charge in [0.25, 0.3) is 0 Å². The van der Waals surface area contributed by atoms with Crippen LogP contribution in [-0.4, -0.2) is 35.5 Å². The minimum Gasteiger partial charge on any atom is -0.502 e. The number of methoxy groups -OCH3 is 2. The topological polar surface area (TPSA) is 96.2 Å². The molecule has 6 heteroatoms. The van der Waals surface area contributed by atoms with Crippen LogP contribution in [0, 0.1) is 11.8 Å². The number of phenolic OH excluding ortho intramolecular Hbond substituents is 1. The number of hydrogen-bond donors (Lipinski definition) is 3. The van der Waals surface area contributed by atoms with Crippen LogP contribution in [0.1, 0.15) is 61.9 Å². The van der Waals surface area contributed by atoms with Crippen molar-refractivity contribution in [3.8, 4) is 17.2 Å². The number of hydrogen-bond acceptors (Lipinski definition) is 5. The van der Waals surface area contributed by atoms with Gasteiger partial charge in [-0.3, -0.25) is 0 Å². The first-order valence-electron chi connectivity index (χ1n) is 8.74. The summed E-state index contributed by atoms with van der Waals surface area (Å²) < 4.78 is 10.4. The third kappa shape index (κ3) is 3.40. The molecule has 3 unspecified atom stereocenters. The molecule has 1 aliphatic carbocycles. The molecule has 0 spiro atoms. The Labute approximate surface area is 148 Å². The Morgan fingerprint density at radius 3 is 2.52 bits per heavy atom. The van der Waals surface area contributed by atoms with E-state index in [4.69, 9.17) is 9.47 Å². The molecule has 25 heavy (non-hydrogen) atoms. The van der Waals surface area contributed by atoms with Crippen LogP contribution in [0.3, 0.4) is 0 Å². The molecule has 0 heterocycles. The van der Waals surface area contributed by atoms with Crippen molar-refractivity contribution in [2.45, 2.75) is 51.6 Å². The summed E-state index contributed by atoms with van der Waals surface area (Å²) in [5.41, 5.74) is -1.30. The Hall–Kier alpha value is -1.95. The average molecular weight is 352 g/mol. The molecule has 140 valence electrons. The van der Waals surface area contributed by atoms with Crippen LogP contribution >= 0.6 is 0 Å². The molecule has 0 radical (unpaired) electrons. The van der Waals surface area contributed by atoms with Crippen LogP contribution in [0.15, 0.2) is 6.07 Å². The van der Waals surface area contributed by atoms with E-state index in [-0.39, 0.29) is 40.2 Å². The van der Waals surface area contributed by atoms with E-state index in [1.807, 2.05) is 13.8 Å². The highest BCUT2D eigenvalue weighted by Crippen LogP contribution is 2.53. The fourth-order valence-corrected chi connectivity index (χ4v) is 4.14. The molecule has 1 aromatic carbocycles. The van der Waals surface area contributed by atoms with Gasteiger partial charge in [0.2, 0.25) is 5.75 Å². The molecule has 0 aliphatic heterocycles. The number of carboxylic acid groups (broad SMARTS) is 1. The van der Waals surface area contributed by atoms with Gasteiger partial charge < -0.3 is 24.8 Å². The van der Waals surface area contributed by atoms with E-state index in [2.05, 4.69) is 0 Å². The number of carboxylic acids is 1. The molecule has 0 saturated heterocycles. The first kappa shape index (κ1) is 19.4. The SMILES string of the molecule is CCCC1CCC(C)CC1(O)c1c(C(=O)O)cc(OC)c(O)c1OC. The van der Waals surface area contributed by atoms with Gasteiger partial charge in [0.1, 0.15) is 0 Å². The van der Waals surface area contributed by atoms with Crippen molar-refractivity contribution in [1.29, 1.82) is 0 Å². The number of aromatic carboxylic acids is 1. The molecule has 0 bridgehead atoms. The van der Waals surface area contributed by atoms with Gasteiger partial charge in [0.15, 0.2) is 11.5 Å². The van der Waals surface area contributed by atoms with Crippen molar-refractivity contribution in [1.82, 2.24) is 0 Å². The molecule has 0 aromatic heterocycles. The van der Waals surface area contributed by atoms with Gasteiger partial charge in [-0.25, -0.2) is 4.79 Å². The fraction of sp³-hybridized carbons (Fsp3) is 0.632. The van der Waals surface area contributed by atoms with E-state index in [9.17, 15) is 20.1 Å². The van der Waals surface area contributed by atoms with E-state index in [0.29, 0.717) is 6.42 Å². The lowest BCUT2D eigenvalue weighted by molar-refractivity contribution is -0.0750. The minimum atomic E-state index is -1.36. The van der Waals surface area contributed by atoms with E-state index in [1.54, 1.807) is 0 Å². The summed E-state index contributed by atoms with van der Waals surface area (Å²) in [6, 6.07) is 1.26. The lowest BCUT2D eigenvalue weighted by Gasteiger charge is -2.44. The number of ether oxygens (including phenoxy) is 2. The molecular formula is C19H28O6. The van der Waals surface area contributed by atoms with Crippen molar-refractivity contribution < 1.29 is 29.6 Å². The summed E-state index contributed by atoms with van der Waals surface area (Å²) in [4.78, 5) is 11.9. The fourth-order valence-electron chi connectivity index (χ4n) is 4.14. The summed E-state index contributed by atoms with van der Waals surface area (Å²) in [7, 11) is 2.70. The average Bonchev–Trinajstić information content (AvgIpc) is 2.56. The Balaban J connectivity index is 2.76. The Morgan fingerprint density at radius 1 is 1.32 bits per heavy atom. The number of phenols is 1. The third-order valence-electron chi connectivity index (χ3n) is 5.29. The Morgan fingerprint density at radius 2 is 2.00 bits per heavy atom. The highest BCUT2D eigenvalue weighted by Gasteiger charge is 2.47. The third-order valence-corrected chi connectivity index (χ3v) is 5.29. The summed E-state index contributed by atoms with van der Waals surface area (Å²) in [6.45, 7) is 4.09. The van der Waals surface area contributed by atoms with E-state index in [1.165, 1.54) is 20.3 Å². The smallest absolute Gasteiger partial charge is 0.336 e. The number of aromatic hydroxyl groups is 1. The van der Waals surface area contributed by atoms with Crippen molar-refractivity contribution in [3.05, 3.63) is 17.2 Å². The van der Waals surface area contributed by atoms with Gasteiger partial charge >= 0.3 is 5.97 Å². The van der Waals surface area contributed by atoms with Gasteiger partial charge in [-0.2, -0.15) is 0 Å². The zero-order valence-electron chi connectivity index (χ0n) is 15.3. The summed E-state index contributed by atoms with van der Waals surface area (Å²) >= 11 is 0. The quantitative estimate of drug-likeness (QED) is 0.725. The molecular weight excluding hydrogens is 324 g/mol. The lowest BCUT2D eigenvalue weighted by atomic mass is 9.65. The number of rotatable bonds is 6. The molecule has 1 fully saturated rings. The maximum absolute atomic E-state index is 11.9.